The molecule has 1 aromatic carbocycles. The van der Waals surface area contributed by atoms with Crippen LogP contribution in [0.25, 0.3) is 0 Å². The Bertz CT molecular complexity index is 657. The van der Waals surface area contributed by atoms with Crippen molar-refractivity contribution in [2.24, 2.45) is 5.92 Å². The van der Waals surface area contributed by atoms with Crippen LogP contribution in [-0.2, 0) is 19.6 Å². The van der Waals surface area contributed by atoms with Crippen molar-refractivity contribution in [3.05, 3.63) is 29.8 Å². The van der Waals surface area contributed by atoms with E-state index in [0.29, 0.717) is 5.56 Å². The first-order valence-electron chi connectivity index (χ1n) is 6.91. The Kier molecular flexibility index (Phi) is 6.07. The van der Waals surface area contributed by atoms with Gasteiger partial charge in [0.15, 0.2) is 0 Å². The fraction of sp³-hybridized carbons (Fsp3) is 0.429. The molecule has 2 unspecified atom stereocenters. The standard InChI is InChI=1S/C12H14N2O5S.C2H6/c1-7-4-2-3-5-9(7)20(18,19)14-12(17)10-8(15)6-13-11(10)16;1-2/h2-5,8,10,15H,6H2,1H3,(H,13,16)(H,14,17);1-2H3. The first-order chi connectivity index (χ1) is 10.3. The summed E-state index contributed by atoms with van der Waals surface area (Å²) in [4.78, 5) is 23.2. The lowest BCUT2D eigenvalue weighted by Crippen LogP contribution is -2.42. The van der Waals surface area contributed by atoms with E-state index in [0.717, 1.165) is 0 Å². The lowest BCUT2D eigenvalue weighted by atomic mass is 10.1. The average Bonchev–Trinajstić information content (AvgIpc) is 2.80. The first-order valence-corrected chi connectivity index (χ1v) is 8.39. The van der Waals surface area contributed by atoms with Crippen LogP contribution in [0, 0.1) is 12.8 Å². The summed E-state index contributed by atoms with van der Waals surface area (Å²) in [6, 6.07) is 6.15. The van der Waals surface area contributed by atoms with E-state index in [2.05, 4.69) is 5.32 Å². The van der Waals surface area contributed by atoms with E-state index in [9.17, 15) is 23.1 Å². The quantitative estimate of drug-likeness (QED) is 0.673. The number of β-amino-alcohol motifs (C(OH)–C–C–N with tert-alkyl or cyclic N) is 1. The van der Waals surface area contributed by atoms with Crippen molar-refractivity contribution < 1.29 is 23.1 Å². The number of sulfonamides is 1. The van der Waals surface area contributed by atoms with Crippen LogP contribution in [-0.4, -0.2) is 38.0 Å². The minimum Gasteiger partial charge on any atom is -0.390 e. The third kappa shape index (κ3) is 3.83. The summed E-state index contributed by atoms with van der Waals surface area (Å²) in [6.45, 7) is 5.53. The van der Waals surface area contributed by atoms with Crippen molar-refractivity contribution in [2.75, 3.05) is 6.54 Å². The predicted octanol–water partition coefficient (Wildman–Crippen LogP) is -0.0670. The largest absolute Gasteiger partial charge is 0.390 e. The van der Waals surface area contributed by atoms with E-state index in [1.165, 1.54) is 12.1 Å². The molecular formula is C14H20N2O5S. The molecule has 1 aromatic rings. The zero-order chi connectivity index (χ0) is 16.9. The first kappa shape index (κ1) is 18.1. The zero-order valence-electron chi connectivity index (χ0n) is 12.7. The second kappa shape index (κ2) is 7.37. The Balaban J connectivity index is 0.00000116. The molecule has 0 radical (unpaired) electrons. The molecule has 1 aliphatic heterocycles. The molecule has 0 spiro atoms. The van der Waals surface area contributed by atoms with Gasteiger partial charge in [-0.25, -0.2) is 13.1 Å². The second-order valence-electron chi connectivity index (χ2n) is 4.53. The number of benzene rings is 1. The third-order valence-corrected chi connectivity index (χ3v) is 4.56. The van der Waals surface area contributed by atoms with E-state index in [1.54, 1.807) is 19.1 Å². The minimum absolute atomic E-state index is 0.0405. The van der Waals surface area contributed by atoms with Crippen molar-refractivity contribution >= 4 is 21.8 Å². The number of amides is 2. The van der Waals surface area contributed by atoms with Crippen LogP contribution in [0.5, 0.6) is 0 Å². The van der Waals surface area contributed by atoms with E-state index >= 15 is 0 Å². The molecule has 7 nitrogen and oxygen atoms in total. The summed E-state index contributed by atoms with van der Waals surface area (Å²) in [5.41, 5.74) is 0.476. The van der Waals surface area contributed by atoms with Gasteiger partial charge in [0.25, 0.3) is 10.0 Å². The van der Waals surface area contributed by atoms with Gasteiger partial charge in [-0.3, -0.25) is 9.59 Å². The Morgan fingerprint density at radius 1 is 1.32 bits per heavy atom. The van der Waals surface area contributed by atoms with E-state index in [1.807, 2.05) is 18.6 Å². The highest BCUT2D eigenvalue weighted by Gasteiger charge is 2.40. The van der Waals surface area contributed by atoms with Crippen molar-refractivity contribution in [1.29, 1.82) is 0 Å². The molecule has 0 aliphatic carbocycles. The topological polar surface area (TPSA) is 113 Å². The molecule has 0 saturated carbocycles. The zero-order valence-corrected chi connectivity index (χ0v) is 13.5. The summed E-state index contributed by atoms with van der Waals surface area (Å²) in [5, 5.41) is 11.8. The molecule has 22 heavy (non-hydrogen) atoms. The van der Waals surface area contributed by atoms with Gasteiger partial charge in [0.05, 0.1) is 11.0 Å². The van der Waals surface area contributed by atoms with Gasteiger partial charge in [0, 0.05) is 6.54 Å². The van der Waals surface area contributed by atoms with E-state index in [-0.39, 0.29) is 11.4 Å². The Hall–Kier alpha value is -1.93. The average molecular weight is 328 g/mol. The maximum atomic E-state index is 12.1. The number of aliphatic hydroxyl groups excluding tert-OH is 1. The molecular weight excluding hydrogens is 308 g/mol. The van der Waals surface area contributed by atoms with Gasteiger partial charge in [0.1, 0.15) is 5.92 Å². The van der Waals surface area contributed by atoms with Crippen LogP contribution >= 0.6 is 0 Å². The molecule has 122 valence electrons. The van der Waals surface area contributed by atoms with Gasteiger partial charge in [-0.05, 0) is 18.6 Å². The molecule has 8 heteroatoms. The highest BCUT2D eigenvalue weighted by atomic mass is 32.2. The van der Waals surface area contributed by atoms with E-state index < -0.39 is 33.9 Å². The molecule has 2 rings (SSSR count). The SMILES string of the molecule is CC.Cc1ccccc1S(=O)(=O)NC(=O)C1C(=O)NCC1O. The minimum atomic E-state index is -4.07. The number of aliphatic hydroxyl groups is 1. The molecule has 0 aromatic heterocycles. The highest BCUT2D eigenvalue weighted by Crippen LogP contribution is 2.16. The van der Waals surface area contributed by atoms with Crippen LogP contribution in [0.3, 0.4) is 0 Å². The normalized spacial score (nSPS) is 20.6. The van der Waals surface area contributed by atoms with Crippen molar-refractivity contribution in [3.8, 4) is 0 Å². The Labute approximate surface area is 129 Å². The Morgan fingerprint density at radius 2 is 1.91 bits per heavy atom. The fourth-order valence-corrected chi connectivity index (χ4v) is 3.26. The summed E-state index contributed by atoms with van der Waals surface area (Å²) in [5.74, 6) is -3.13. The molecule has 1 aliphatic rings. The van der Waals surface area contributed by atoms with Crippen molar-refractivity contribution in [3.63, 3.8) is 0 Å². The Morgan fingerprint density at radius 3 is 2.41 bits per heavy atom. The number of nitrogens with one attached hydrogen (secondary N) is 2. The molecule has 0 bridgehead atoms. The maximum Gasteiger partial charge on any atom is 0.264 e. The number of hydrogen-bond acceptors (Lipinski definition) is 5. The molecule has 2 amide bonds. The number of aryl methyl sites for hydroxylation is 1. The summed E-state index contributed by atoms with van der Waals surface area (Å²) >= 11 is 0. The fourth-order valence-electron chi connectivity index (χ4n) is 2.01. The van der Waals surface area contributed by atoms with Crippen molar-refractivity contribution in [2.45, 2.75) is 31.8 Å². The van der Waals surface area contributed by atoms with Crippen LogP contribution < -0.4 is 10.0 Å². The van der Waals surface area contributed by atoms with Gasteiger partial charge in [-0.1, -0.05) is 32.0 Å². The van der Waals surface area contributed by atoms with Crippen LogP contribution in [0.2, 0.25) is 0 Å². The van der Waals surface area contributed by atoms with Gasteiger partial charge in [0.2, 0.25) is 11.8 Å². The maximum absolute atomic E-state index is 12.1. The summed E-state index contributed by atoms with van der Waals surface area (Å²) in [6.07, 6.45) is -1.23. The monoisotopic (exact) mass is 328 g/mol. The smallest absolute Gasteiger partial charge is 0.264 e. The summed E-state index contributed by atoms with van der Waals surface area (Å²) < 4.78 is 26.0. The predicted molar refractivity (Wildman–Crippen MR) is 80.4 cm³/mol. The second-order valence-corrected chi connectivity index (χ2v) is 6.18. The van der Waals surface area contributed by atoms with Crippen LogP contribution in [0.15, 0.2) is 29.2 Å². The lowest BCUT2D eigenvalue weighted by Gasteiger charge is -2.13. The molecule has 1 saturated heterocycles. The number of rotatable bonds is 3. The van der Waals surface area contributed by atoms with Gasteiger partial charge in [-0.2, -0.15) is 0 Å². The third-order valence-electron chi connectivity index (χ3n) is 3.05. The number of carbonyl (C=O) groups is 2. The van der Waals surface area contributed by atoms with Gasteiger partial charge in [-0.15, -0.1) is 0 Å². The molecule has 1 fully saturated rings. The highest BCUT2D eigenvalue weighted by molar-refractivity contribution is 7.90. The van der Waals surface area contributed by atoms with E-state index in [4.69, 9.17) is 0 Å². The molecule has 3 N–H and O–H groups in total. The molecule has 1 heterocycles. The van der Waals surface area contributed by atoms with Crippen LogP contribution in [0.1, 0.15) is 19.4 Å². The van der Waals surface area contributed by atoms with Gasteiger partial charge >= 0.3 is 0 Å². The summed E-state index contributed by atoms with van der Waals surface area (Å²) in [7, 11) is -4.07. The van der Waals surface area contributed by atoms with Crippen molar-refractivity contribution in [1.82, 2.24) is 10.0 Å². The lowest BCUT2D eigenvalue weighted by molar-refractivity contribution is -0.134. The number of hydrogen-bond donors (Lipinski definition) is 3. The molecule has 2 atom stereocenters. The number of carbonyl (C=O) groups excluding carboxylic acids is 2. The van der Waals surface area contributed by atoms with Gasteiger partial charge < -0.3 is 10.4 Å². The van der Waals surface area contributed by atoms with Crippen LogP contribution in [0.4, 0.5) is 0 Å².